The molecule has 1 fully saturated rings. The number of carboxylic acid groups (broad SMARTS) is 1. The van der Waals surface area contributed by atoms with Crippen molar-refractivity contribution in [3.05, 3.63) is 29.7 Å². The Morgan fingerprint density at radius 3 is 2.90 bits per heavy atom. The second-order valence-electron chi connectivity index (χ2n) is 5.50. The second kappa shape index (κ2) is 5.20. The number of nitrogens with zero attached hydrogens (tertiary/aromatic N) is 4. The lowest BCUT2D eigenvalue weighted by Gasteiger charge is -2.28. The summed E-state index contributed by atoms with van der Waals surface area (Å²) in [6, 6.07) is 3.11. The molecule has 20 heavy (non-hydrogen) atoms. The fraction of sp³-hybridized carbons (Fsp3) is 0.500. The number of rotatable bonds is 3. The summed E-state index contributed by atoms with van der Waals surface area (Å²) >= 11 is 0. The summed E-state index contributed by atoms with van der Waals surface area (Å²) in [5.74, 6) is 0.497. The van der Waals surface area contributed by atoms with E-state index in [0.717, 1.165) is 25.3 Å². The van der Waals surface area contributed by atoms with Crippen molar-refractivity contribution in [2.45, 2.75) is 19.3 Å². The van der Waals surface area contributed by atoms with Gasteiger partial charge in [0.15, 0.2) is 11.5 Å². The number of carbonyl (C=O) groups is 1. The number of aromatic nitrogens is 3. The molecule has 0 spiro atoms. The standard InChI is InChI=1S/C14H18N4O2/c1-17-5-2-10(3-6-17)8-12-15-13-9-11(14(19)20)4-7-18(13)16-12/h4,7,9-10H,2-3,5-6,8H2,1H3,(H,19,20). The van der Waals surface area contributed by atoms with Crippen LogP contribution in [0.5, 0.6) is 0 Å². The topological polar surface area (TPSA) is 70.7 Å². The molecule has 1 aliphatic heterocycles. The third-order valence-electron chi connectivity index (χ3n) is 3.94. The molecular weight excluding hydrogens is 256 g/mol. The van der Waals surface area contributed by atoms with Gasteiger partial charge < -0.3 is 10.0 Å². The van der Waals surface area contributed by atoms with Crippen LogP contribution in [0.2, 0.25) is 0 Å². The van der Waals surface area contributed by atoms with Crippen molar-refractivity contribution >= 4 is 11.6 Å². The molecule has 3 rings (SSSR count). The van der Waals surface area contributed by atoms with Gasteiger partial charge in [-0.05, 0) is 51.0 Å². The smallest absolute Gasteiger partial charge is 0.335 e. The highest BCUT2D eigenvalue weighted by molar-refractivity contribution is 5.88. The Morgan fingerprint density at radius 1 is 1.45 bits per heavy atom. The Bertz CT molecular complexity index is 629. The molecule has 1 N–H and O–H groups in total. The monoisotopic (exact) mass is 274 g/mol. The van der Waals surface area contributed by atoms with Gasteiger partial charge in [0, 0.05) is 12.6 Å². The number of hydrogen-bond acceptors (Lipinski definition) is 4. The molecule has 1 aliphatic rings. The summed E-state index contributed by atoms with van der Waals surface area (Å²) in [5.41, 5.74) is 0.851. The van der Waals surface area contributed by atoms with E-state index < -0.39 is 5.97 Å². The molecule has 0 aliphatic carbocycles. The first-order valence-electron chi connectivity index (χ1n) is 6.89. The van der Waals surface area contributed by atoms with Gasteiger partial charge in [-0.25, -0.2) is 14.3 Å². The Hall–Kier alpha value is -1.95. The van der Waals surface area contributed by atoms with Crippen LogP contribution in [0.25, 0.3) is 5.65 Å². The highest BCUT2D eigenvalue weighted by atomic mass is 16.4. The van der Waals surface area contributed by atoms with E-state index in [9.17, 15) is 4.79 Å². The van der Waals surface area contributed by atoms with E-state index in [1.54, 1.807) is 22.8 Å². The summed E-state index contributed by atoms with van der Waals surface area (Å²) in [4.78, 5) is 17.7. The van der Waals surface area contributed by atoms with E-state index in [0.29, 0.717) is 11.6 Å². The molecule has 106 valence electrons. The molecule has 6 nitrogen and oxygen atoms in total. The highest BCUT2D eigenvalue weighted by Gasteiger charge is 2.19. The van der Waals surface area contributed by atoms with Crippen LogP contribution in [0.1, 0.15) is 29.0 Å². The zero-order valence-electron chi connectivity index (χ0n) is 11.5. The maximum atomic E-state index is 10.9. The van der Waals surface area contributed by atoms with Gasteiger partial charge in [-0.1, -0.05) is 0 Å². The van der Waals surface area contributed by atoms with Crippen molar-refractivity contribution in [3.63, 3.8) is 0 Å². The Kier molecular flexibility index (Phi) is 3.40. The van der Waals surface area contributed by atoms with Crippen LogP contribution in [0.3, 0.4) is 0 Å². The van der Waals surface area contributed by atoms with Gasteiger partial charge in [0.05, 0.1) is 5.56 Å². The van der Waals surface area contributed by atoms with Gasteiger partial charge in [0.25, 0.3) is 0 Å². The molecular formula is C14H18N4O2. The summed E-state index contributed by atoms with van der Waals surface area (Å²) in [7, 11) is 2.15. The zero-order valence-corrected chi connectivity index (χ0v) is 11.5. The number of carboxylic acids is 1. The van der Waals surface area contributed by atoms with Crippen LogP contribution in [0.4, 0.5) is 0 Å². The summed E-state index contributed by atoms with van der Waals surface area (Å²) in [6.45, 7) is 2.25. The maximum absolute atomic E-state index is 10.9. The lowest BCUT2D eigenvalue weighted by atomic mass is 9.94. The molecule has 2 aromatic rings. The van der Waals surface area contributed by atoms with E-state index in [-0.39, 0.29) is 5.56 Å². The van der Waals surface area contributed by atoms with Crippen molar-refractivity contribution in [2.75, 3.05) is 20.1 Å². The number of likely N-dealkylation sites (tertiary alicyclic amines) is 1. The third kappa shape index (κ3) is 2.65. The highest BCUT2D eigenvalue weighted by Crippen LogP contribution is 2.19. The summed E-state index contributed by atoms with van der Waals surface area (Å²) in [6.07, 6.45) is 4.88. The van der Waals surface area contributed by atoms with Crippen LogP contribution in [0.15, 0.2) is 18.3 Å². The first kappa shape index (κ1) is 13.1. The molecule has 2 aromatic heterocycles. The Balaban J connectivity index is 1.77. The molecule has 3 heterocycles. The average molecular weight is 274 g/mol. The molecule has 1 saturated heterocycles. The van der Waals surface area contributed by atoms with Crippen molar-refractivity contribution in [2.24, 2.45) is 5.92 Å². The Labute approximate surface area is 117 Å². The molecule has 0 bridgehead atoms. The second-order valence-corrected chi connectivity index (χ2v) is 5.50. The van der Waals surface area contributed by atoms with E-state index in [1.807, 2.05) is 0 Å². The number of pyridine rings is 1. The van der Waals surface area contributed by atoms with Gasteiger partial charge in [0.2, 0.25) is 0 Å². The number of piperidine rings is 1. The minimum atomic E-state index is -0.938. The van der Waals surface area contributed by atoms with Crippen LogP contribution in [0, 0.1) is 5.92 Å². The number of fused-ring (bicyclic) bond motifs is 1. The third-order valence-corrected chi connectivity index (χ3v) is 3.94. The fourth-order valence-electron chi connectivity index (χ4n) is 2.67. The molecule has 0 aromatic carbocycles. The normalized spacial score (nSPS) is 17.6. The fourth-order valence-corrected chi connectivity index (χ4v) is 2.67. The summed E-state index contributed by atoms with van der Waals surface area (Å²) < 4.78 is 1.65. The predicted octanol–water partition coefficient (Wildman–Crippen LogP) is 1.31. The van der Waals surface area contributed by atoms with Crippen LogP contribution in [-0.2, 0) is 6.42 Å². The van der Waals surface area contributed by atoms with Crippen molar-refractivity contribution in [1.29, 1.82) is 0 Å². The maximum Gasteiger partial charge on any atom is 0.335 e. The molecule has 6 heteroatoms. The molecule has 0 saturated carbocycles. The molecule has 0 amide bonds. The predicted molar refractivity (Wildman–Crippen MR) is 73.9 cm³/mol. The quantitative estimate of drug-likeness (QED) is 0.913. The average Bonchev–Trinajstić information content (AvgIpc) is 2.82. The molecule has 0 radical (unpaired) electrons. The summed E-state index contributed by atoms with van der Waals surface area (Å²) in [5, 5.41) is 13.4. The first-order valence-corrected chi connectivity index (χ1v) is 6.89. The lowest BCUT2D eigenvalue weighted by molar-refractivity contribution is 0.0697. The minimum Gasteiger partial charge on any atom is -0.478 e. The molecule has 0 atom stereocenters. The van der Waals surface area contributed by atoms with Gasteiger partial charge in [0.1, 0.15) is 0 Å². The minimum absolute atomic E-state index is 0.246. The van der Waals surface area contributed by atoms with Crippen molar-refractivity contribution < 1.29 is 9.90 Å². The van der Waals surface area contributed by atoms with E-state index in [2.05, 4.69) is 22.0 Å². The van der Waals surface area contributed by atoms with E-state index in [4.69, 9.17) is 5.11 Å². The SMILES string of the molecule is CN1CCC(Cc2nc3cc(C(=O)O)ccn3n2)CC1. The van der Waals surface area contributed by atoms with E-state index >= 15 is 0 Å². The van der Waals surface area contributed by atoms with Gasteiger partial charge in [-0.2, -0.15) is 5.10 Å². The van der Waals surface area contributed by atoms with E-state index in [1.165, 1.54) is 12.8 Å². The number of hydrogen-bond donors (Lipinski definition) is 1. The molecule has 0 unspecified atom stereocenters. The van der Waals surface area contributed by atoms with Crippen molar-refractivity contribution in [1.82, 2.24) is 19.5 Å². The van der Waals surface area contributed by atoms with Crippen LogP contribution in [-0.4, -0.2) is 50.7 Å². The van der Waals surface area contributed by atoms with Gasteiger partial charge in [-0.3, -0.25) is 0 Å². The van der Waals surface area contributed by atoms with Gasteiger partial charge in [-0.15, -0.1) is 0 Å². The van der Waals surface area contributed by atoms with Crippen molar-refractivity contribution in [3.8, 4) is 0 Å². The Morgan fingerprint density at radius 2 is 2.20 bits per heavy atom. The first-order chi connectivity index (χ1) is 9.61. The zero-order chi connectivity index (χ0) is 14.1. The van der Waals surface area contributed by atoms with Crippen LogP contribution >= 0.6 is 0 Å². The lowest BCUT2D eigenvalue weighted by Crippen LogP contribution is -2.31. The van der Waals surface area contributed by atoms with Gasteiger partial charge >= 0.3 is 5.97 Å². The van der Waals surface area contributed by atoms with Crippen LogP contribution < -0.4 is 0 Å². The largest absolute Gasteiger partial charge is 0.478 e. The number of aromatic carboxylic acids is 1.